The van der Waals surface area contributed by atoms with E-state index in [-0.39, 0.29) is 74.4 Å². The zero-order valence-electron chi connectivity index (χ0n) is 55.4. The Morgan fingerprint density at radius 3 is 1.77 bits per heavy atom. The first kappa shape index (κ1) is 74.4. The number of benzene rings is 3. The van der Waals surface area contributed by atoms with Crippen molar-refractivity contribution in [3.05, 3.63) is 129 Å². The summed E-state index contributed by atoms with van der Waals surface area (Å²) in [7, 11) is 0. The first-order valence-electron chi connectivity index (χ1n) is 34.1. The predicted octanol–water partition coefficient (Wildman–Crippen LogP) is 0.279. The van der Waals surface area contributed by atoms with E-state index in [1.165, 1.54) is 25.1 Å². The van der Waals surface area contributed by atoms with Gasteiger partial charge in [-0.2, -0.15) is 0 Å². The standard InChI is InChI=1S/C70H89N3O27/c1-4-14-45(63(84)73-23-13-24-73)92-59-55(80)67(88)100-70(60(59)98-64(85)36-15-7-6-8-16-36)96-48-30-39(25-35(5-2)57(48)99-68-54(79)53(78)50(75)34(3)91-68)61(82)71-21-22-72-62(83)40-28-46(89-32-41-26-37-17-9-11-19-43(37)93-65(41)86)51(76)47(29-40)95-69-56(81)58(52(77)49(31-74)97-69)90-33-42-27-38-18-10-12-20-44(38)94-66(42)87/h6-12,15-20,26-27,34-35,39-40,45-60,67-70,74-81,88H,4-5,13-14,21-25,28-33H2,1-3H3,(H,71,82)(H,72,83)/t34?,35?,39?,40?,45-,46?,47+,48+,49?,50+,51?,52-,53?,54?,55+,56?,57?,58?,59?,60?,67?,68-,69+,70+/m0/s1. The number of carbonyl (C=O) groups excluding carboxylic acids is 4. The van der Waals surface area contributed by atoms with E-state index in [4.69, 9.17) is 56.2 Å². The quantitative estimate of drug-likeness (QED) is 0.0201. The predicted molar refractivity (Wildman–Crippen MR) is 345 cm³/mol. The van der Waals surface area contributed by atoms with Crippen LogP contribution in [0.2, 0.25) is 0 Å². The van der Waals surface area contributed by atoms with Gasteiger partial charge in [-0.05, 0) is 87.8 Å². The third-order valence-electron chi connectivity index (χ3n) is 19.6. The minimum atomic E-state index is -2.06. The van der Waals surface area contributed by atoms with E-state index in [0.717, 1.165) is 6.42 Å². The Labute approximate surface area is 573 Å². The molecule has 2 saturated carbocycles. The Hall–Kier alpha value is -6.76. The van der Waals surface area contributed by atoms with Gasteiger partial charge in [0, 0.05) is 48.8 Å². The number of esters is 1. The summed E-state index contributed by atoms with van der Waals surface area (Å²) in [6, 6.07) is 24.5. The average Bonchev–Trinajstić information content (AvgIpc) is 0.776. The largest absolute Gasteiger partial charge is 0.450 e. The lowest BCUT2D eigenvalue weighted by Gasteiger charge is -2.48. The lowest BCUT2D eigenvalue weighted by Crippen LogP contribution is -2.64. The van der Waals surface area contributed by atoms with Crippen molar-refractivity contribution in [1.29, 1.82) is 0 Å². The highest BCUT2D eigenvalue weighted by molar-refractivity contribution is 5.89. The van der Waals surface area contributed by atoms with E-state index in [1.807, 2.05) is 6.92 Å². The van der Waals surface area contributed by atoms with Crippen molar-refractivity contribution in [3.63, 3.8) is 0 Å². The fraction of sp³-hybridized carbons (Fsp3) is 0.600. The monoisotopic (exact) mass is 1400 g/mol. The zero-order valence-corrected chi connectivity index (χ0v) is 55.4. The van der Waals surface area contributed by atoms with Crippen molar-refractivity contribution < 1.29 is 121 Å². The van der Waals surface area contributed by atoms with Gasteiger partial charge < -0.3 is 118 Å². The third-order valence-corrected chi connectivity index (χ3v) is 19.6. The lowest BCUT2D eigenvalue weighted by atomic mass is 9.75. The molecule has 2 aromatic heterocycles. The molecule has 3 aromatic carbocycles. The van der Waals surface area contributed by atoms with Crippen LogP contribution in [0, 0.1) is 17.8 Å². The molecule has 6 aliphatic rings. The van der Waals surface area contributed by atoms with E-state index < -0.39 is 189 Å². The molecule has 100 heavy (non-hydrogen) atoms. The fourth-order valence-electron chi connectivity index (χ4n) is 13.8. The van der Waals surface area contributed by atoms with Gasteiger partial charge in [-0.15, -0.1) is 0 Å². The van der Waals surface area contributed by atoms with Crippen LogP contribution in [0.3, 0.4) is 0 Å². The van der Waals surface area contributed by atoms with Gasteiger partial charge in [-0.1, -0.05) is 81.3 Å². The Balaban J connectivity index is 0.799. The average molecular weight is 1400 g/mol. The highest BCUT2D eigenvalue weighted by atomic mass is 16.8. The fourth-order valence-corrected chi connectivity index (χ4v) is 13.8. The first-order chi connectivity index (χ1) is 48.1. The highest BCUT2D eigenvalue weighted by Gasteiger charge is 2.55. The molecule has 11 N–H and O–H groups in total. The SMILES string of the molecule is CCC[C@H](OC1C(OC(=O)c2ccccc2)[C@H](O[C@@H]2CC(C(=O)NCCNC(=O)C3CC(OCc4cc5ccccc5oc4=O)C(O)[C@H](O[C@@H]4OC(CO)[C@H](O)C(OCc5cc6ccccc6oc5=O)C4O)C3)CC(CC)C2O[C@@H]2OC(C)[C@@H](O)C(O)C2O)OC(O)[C@@H]1O)C(=O)N1CCC1. The third kappa shape index (κ3) is 17.0. The molecule has 11 rings (SSSR count). The molecule has 6 heterocycles. The molecule has 6 fully saturated rings. The minimum Gasteiger partial charge on any atom is -0.450 e. The molecule has 30 nitrogen and oxygen atoms in total. The number of carbonyl (C=O) groups is 4. The second-order valence-corrected chi connectivity index (χ2v) is 26.4. The van der Waals surface area contributed by atoms with Gasteiger partial charge >= 0.3 is 17.2 Å². The summed E-state index contributed by atoms with van der Waals surface area (Å²) in [5.74, 6) is -4.97. The van der Waals surface area contributed by atoms with Crippen LogP contribution in [-0.4, -0.2) is 236 Å². The number of nitrogens with one attached hydrogen (secondary N) is 2. The number of para-hydroxylation sites is 2. The molecular weight excluding hydrogens is 1310 g/mol. The molecular formula is C70H89N3O27. The number of amides is 3. The van der Waals surface area contributed by atoms with Crippen LogP contribution in [0.25, 0.3) is 21.9 Å². The zero-order chi connectivity index (χ0) is 71.1. The van der Waals surface area contributed by atoms with Gasteiger partial charge in [-0.25, -0.2) is 14.4 Å². The maximum absolute atomic E-state index is 14.6. The summed E-state index contributed by atoms with van der Waals surface area (Å²) in [4.78, 5) is 84.6. The van der Waals surface area contributed by atoms with Crippen LogP contribution in [-0.2, 0) is 75.0 Å². The van der Waals surface area contributed by atoms with Crippen molar-refractivity contribution in [2.45, 2.75) is 214 Å². The van der Waals surface area contributed by atoms with Gasteiger partial charge in [0.1, 0.15) is 78.3 Å². The number of ether oxygens (including phenoxy) is 10. The van der Waals surface area contributed by atoms with Crippen LogP contribution >= 0.6 is 0 Å². The van der Waals surface area contributed by atoms with Crippen LogP contribution in [0.15, 0.2) is 109 Å². The molecule has 5 aromatic rings. The Morgan fingerprint density at radius 2 is 1.16 bits per heavy atom. The van der Waals surface area contributed by atoms with Gasteiger partial charge in [-0.3, -0.25) is 14.4 Å². The van der Waals surface area contributed by atoms with Crippen LogP contribution in [0.5, 0.6) is 0 Å². The van der Waals surface area contributed by atoms with Gasteiger partial charge in [0.2, 0.25) is 18.1 Å². The van der Waals surface area contributed by atoms with Crippen molar-refractivity contribution in [2.24, 2.45) is 17.8 Å². The molecule has 4 aliphatic heterocycles. The van der Waals surface area contributed by atoms with E-state index in [0.29, 0.717) is 47.9 Å². The molecule has 24 atom stereocenters. The molecule has 546 valence electrons. The molecule has 0 spiro atoms. The number of fused-ring (bicyclic) bond motifs is 2. The van der Waals surface area contributed by atoms with Crippen LogP contribution < -0.4 is 21.9 Å². The minimum absolute atomic E-state index is 0.0500. The number of hydrogen-bond donors (Lipinski definition) is 11. The Kier molecular flexibility index (Phi) is 25.0. The van der Waals surface area contributed by atoms with Gasteiger partial charge in [0.25, 0.3) is 5.91 Å². The molecule has 0 radical (unpaired) electrons. The first-order valence-corrected chi connectivity index (χ1v) is 34.1. The number of hydrogen-bond acceptors (Lipinski definition) is 27. The molecule has 0 bridgehead atoms. The number of aliphatic hydroxyl groups is 9. The van der Waals surface area contributed by atoms with Crippen molar-refractivity contribution >= 4 is 45.6 Å². The molecule has 3 amide bonds. The maximum atomic E-state index is 14.6. The van der Waals surface area contributed by atoms with E-state index in [9.17, 15) is 74.7 Å². The second-order valence-electron chi connectivity index (χ2n) is 26.4. The Morgan fingerprint density at radius 1 is 0.580 bits per heavy atom. The Bertz CT molecular complexity index is 3690. The summed E-state index contributed by atoms with van der Waals surface area (Å²) in [5.41, 5.74) is -0.584. The van der Waals surface area contributed by atoms with Gasteiger partial charge in [0.15, 0.2) is 25.0 Å². The summed E-state index contributed by atoms with van der Waals surface area (Å²) >= 11 is 0. The number of rotatable bonds is 26. The summed E-state index contributed by atoms with van der Waals surface area (Å²) in [5, 5.41) is 108. The normalized spacial score (nSPS) is 34.2. The topological polar surface area (TPSA) is 430 Å². The van der Waals surface area contributed by atoms with Crippen molar-refractivity contribution in [1.82, 2.24) is 15.5 Å². The summed E-state index contributed by atoms with van der Waals surface area (Å²) in [6.45, 7) is 4.09. The molecule has 4 saturated heterocycles. The summed E-state index contributed by atoms with van der Waals surface area (Å²) in [6.07, 6.45) is -31.4. The number of nitrogens with zero attached hydrogens (tertiary/aromatic N) is 1. The number of likely N-dealkylation sites (tertiary alicyclic amines) is 1. The highest BCUT2D eigenvalue weighted by Crippen LogP contribution is 2.41. The van der Waals surface area contributed by atoms with E-state index in [2.05, 4.69) is 10.6 Å². The van der Waals surface area contributed by atoms with Crippen molar-refractivity contribution in [3.8, 4) is 0 Å². The van der Waals surface area contributed by atoms with Gasteiger partial charge in [0.05, 0.1) is 67.0 Å². The van der Waals surface area contributed by atoms with Crippen LogP contribution in [0.4, 0.5) is 0 Å². The maximum Gasteiger partial charge on any atom is 0.341 e. The smallest absolute Gasteiger partial charge is 0.341 e. The lowest BCUT2D eigenvalue weighted by molar-refractivity contribution is -0.370. The molecule has 30 heteroatoms. The summed E-state index contributed by atoms with van der Waals surface area (Å²) < 4.78 is 72.8. The molecule has 15 unspecified atom stereocenters. The second kappa shape index (κ2) is 33.6. The van der Waals surface area contributed by atoms with E-state index in [1.54, 1.807) is 84.6 Å². The van der Waals surface area contributed by atoms with E-state index >= 15 is 0 Å². The number of aliphatic hydroxyl groups excluding tert-OH is 9. The van der Waals surface area contributed by atoms with Crippen molar-refractivity contribution in [2.75, 3.05) is 32.8 Å². The van der Waals surface area contributed by atoms with Crippen LogP contribution in [0.1, 0.15) is 93.6 Å². The molecule has 2 aliphatic carbocycles.